The highest BCUT2D eigenvalue weighted by molar-refractivity contribution is 6.11. The Kier molecular flexibility index (Phi) is 8.20. The van der Waals surface area contributed by atoms with Gasteiger partial charge in [0.2, 0.25) is 5.91 Å². The third-order valence-corrected chi connectivity index (χ3v) is 11.7. The summed E-state index contributed by atoms with van der Waals surface area (Å²) >= 11 is 0. The number of amides is 3. The van der Waals surface area contributed by atoms with Crippen molar-refractivity contribution >= 4 is 45.7 Å². The van der Waals surface area contributed by atoms with Crippen molar-refractivity contribution in [1.29, 1.82) is 0 Å². The van der Waals surface area contributed by atoms with Crippen LogP contribution in [-0.2, 0) is 16.0 Å². The Hall–Kier alpha value is -4.32. The first-order valence-electron chi connectivity index (χ1n) is 16.8. The van der Waals surface area contributed by atoms with Crippen LogP contribution >= 0.6 is 0 Å². The van der Waals surface area contributed by atoms with E-state index in [0.717, 1.165) is 10.8 Å². The van der Waals surface area contributed by atoms with Crippen molar-refractivity contribution in [2.75, 3.05) is 10.6 Å². The van der Waals surface area contributed by atoms with Crippen molar-refractivity contribution in [2.45, 2.75) is 78.1 Å². The van der Waals surface area contributed by atoms with E-state index in [4.69, 9.17) is 5.73 Å². The Morgan fingerprint density at radius 3 is 2.22 bits per heavy atom. The molecule has 3 aromatic carbocycles. The second-order valence-corrected chi connectivity index (χ2v) is 15.5. The number of nitrogens with one attached hydrogen (secondary N) is 2. The van der Waals surface area contributed by atoms with Crippen molar-refractivity contribution in [1.82, 2.24) is 0 Å². The van der Waals surface area contributed by atoms with Crippen LogP contribution in [0.4, 0.5) is 16.2 Å². The van der Waals surface area contributed by atoms with Crippen molar-refractivity contribution in [3.8, 4) is 5.75 Å². The molecule has 0 heterocycles. The first-order valence-corrected chi connectivity index (χ1v) is 16.8. The number of aliphatic hydroxyl groups is 3. The number of hydrogen-bond acceptors (Lipinski definition) is 8. The lowest BCUT2D eigenvalue weighted by Gasteiger charge is -2.66. The SMILES string of the molecule is CC(C)c1cc(NC(=O)Nc2cccc3ccccc23)c(O)c2c1C[C@]1(C)C[C@]3(C)[C@@H](C(C)C)C(O)[C@@H](C(N)=O)C(=O)[C@]3(O)C(O)[C@H]1C2=O. The smallest absolute Gasteiger partial charge is 0.323 e. The number of carbonyl (C=O) groups is 4. The highest BCUT2D eigenvalue weighted by atomic mass is 16.4. The molecule has 3 aromatic rings. The summed E-state index contributed by atoms with van der Waals surface area (Å²) < 4.78 is 0. The van der Waals surface area contributed by atoms with Gasteiger partial charge in [0.05, 0.1) is 29.0 Å². The molecule has 2 unspecified atom stereocenters. The number of fused-ring (bicyclic) bond motifs is 4. The topological polar surface area (TPSA) is 199 Å². The fourth-order valence-corrected chi connectivity index (χ4v) is 9.85. The maximum Gasteiger partial charge on any atom is 0.323 e. The number of urea groups is 1. The number of nitrogens with two attached hydrogens (primary N) is 1. The van der Waals surface area contributed by atoms with E-state index < -0.39 is 75.6 Å². The molecular weight excluding hydrogens is 626 g/mol. The van der Waals surface area contributed by atoms with Crippen LogP contribution in [0, 0.1) is 34.5 Å². The molecule has 0 aromatic heterocycles. The first kappa shape index (κ1) is 34.5. The standard InChI is InChI=1S/C38H45N3O8/c1-17(2)21-14-24(41-35(48)40-23-13-9-11-19-10-7-8-12-20(19)23)29(42)25-22(21)15-36(5)16-37(6)27(18(3)4)31(44)26(34(39)47)32(45)38(37,49)33(46)28(36)30(25)43/h7-14,17-18,26-28,31,33,42,44,46,49H,15-16H2,1-6H3,(H2,39,47)(H2,40,41,48)/t26-,27+,28-,31?,33?,36-,37-,38+/m1/s1. The first-order chi connectivity index (χ1) is 22.9. The number of anilines is 2. The summed E-state index contributed by atoms with van der Waals surface area (Å²) in [4.78, 5) is 54.5. The zero-order chi connectivity index (χ0) is 36.0. The predicted molar refractivity (Wildman–Crippen MR) is 184 cm³/mol. The molecule has 0 spiro atoms. The number of ketones is 2. The molecule has 11 heteroatoms. The van der Waals surface area contributed by atoms with Gasteiger partial charge in [-0.2, -0.15) is 0 Å². The van der Waals surface area contributed by atoms with E-state index in [2.05, 4.69) is 10.6 Å². The lowest BCUT2D eigenvalue weighted by molar-refractivity contribution is -0.265. The van der Waals surface area contributed by atoms with Gasteiger partial charge in [-0.05, 0) is 64.7 Å². The summed E-state index contributed by atoms with van der Waals surface area (Å²) in [7, 11) is 0. The molecule has 260 valence electrons. The van der Waals surface area contributed by atoms with Gasteiger partial charge < -0.3 is 36.8 Å². The molecule has 8 atom stereocenters. The Morgan fingerprint density at radius 1 is 0.959 bits per heavy atom. The predicted octanol–water partition coefficient (Wildman–Crippen LogP) is 4.49. The number of phenols is 1. The molecular formula is C38H45N3O8. The fraction of sp³-hybridized carbons (Fsp3) is 0.474. The average Bonchev–Trinajstić information content (AvgIpc) is 3.00. The summed E-state index contributed by atoms with van der Waals surface area (Å²) in [6.45, 7) is 10.9. The van der Waals surface area contributed by atoms with E-state index in [9.17, 15) is 39.6 Å². The van der Waals surface area contributed by atoms with Crippen LogP contribution in [0.25, 0.3) is 10.8 Å². The molecule has 0 saturated heterocycles. The lowest BCUT2D eigenvalue weighted by atomic mass is 9.39. The van der Waals surface area contributed by atoms with Crippen LogP contribution in [-0.4, -0.2) is 61.7 Å². The minimum Gasteiger partial charge on any atom is -0.505 e. The maximum absolute atomic E-state index is 14.6. The van der Waals surface area contributed by atoms with Crippen LogP contribution in [0.5, 0.6) is 5.75 Å². The highest BCUT2D eigenvalue weighted by Crippen LogP contribution is 2.66. The molecule has 0 radical (unpaired) electrons. The Labute approximate surface area is 284 Å². The van der Waals surface area contributed by atoms with Crippen molar-refractivity contribution < 1.29 is 39.6 Å². The second-order valence-electron chi connectivity index (χ2n) is 15.5. The van der Waals surface area contributed by atoms with Crippen LogP contribution < -0.4 is 16.4 Å². The Morgan fingerprint density at radius 2 is 1.59 bits per heavy atom. The van der Waals surface area contributed by atoms with Gasteiger partial charge in [0.15, 0.2) is 17.2 Å². The number of hydrogen-bond donors (Lipinski definition) is 7. The number of rotatable bonds is 5. The number of carbonyl (C=O) groups excluding carboxylic acids is 4. The second kappa shape index (κ2) is 11.6. The molecule has 2 saturated carbocycles. The number of benzene rings is 3. The van der Waals surface area contributed by atoms with Crippen LogP contribution in [0.3, 0.4) is 0 Å². The highest BCUT2D eigenvalue weighted by Gasteiger charge is 2.76. The number of aliphatic hydroxyl groups excluding tert-OH is 2. The van der Waals surface area contributed by atoms with Crippen LogP contribution in [0.1, 0.15) is 75.4 Å². The van der Waals surface area contributed by atoms with Gasteiger partial charge in [0, 0.05) is 10.8 Å². The molecule has 6 rings (SSSR count). The normalized spacial score (nSPS) is 32.4. The van der Waals surface area contributed by atoms with E-state index in [-0.39, 0.29) is 35.9 Å². The molecule has 3 aliphatic carbocycles. The molecule has 3 amide bonds. The fourth-order valence-electron chi connectivity index (χ4n) is 9.85. The molecule has 0 bridgehead atoms. The third-order valence-electron chi connectivity index (χ3n) is 11.7. The minimum absolute atomic E-state index is 0.0171. The van der Waals surface area contributed by atoms with Crippen molar-refractivity contribution in [3.05, 3.63) is 65.2 Å². The Bertz CT molecular complexity index is 1900. The van der Waals surface area contributed by atoms with E-state index in [1.54, 1.807) is 32.9 Å². The van der Waals surface area contributed by atoms with E-state index in [0.29, 0.717) is 16.8 Å². The quantitative estimate of drug-likeness (QED) is 0.152. The van der Waals surface area contributed by atoms with Gasteiger partial charge in [-0.15, -0.1) is 0 Å². The maximum atomic E-state index is 14.6. The number of Topliss-reactive ketones (excluding diaryl/α,β-unsaturated/α-hetero) is 2. The van der Waals surface area contributed by atoms with Gasteiger partial charge >= 0.3 is 6.03 Å². The summed E-state index contributed by atoms with van der Waals surface area (Å²) in [5.41, 5.74) is 2.16. The van der Waals surface area contributed by atoms with E-state index >= 15 is 0 Å². The summed E-state index contributed by atoms with van der Waals surface area (Å²) in [6, 6.07) is 14.0. The van der Waals surface area contributed by atoms with E-state index in [1.165, 1.54) is 0 Å². The Balaban J connectivity index is 1.44. The van der Waals surface area contributed by atoms with Gasteiger partial charge in [0.1, 0.15) is 17.8 Å². The van der Waals surface area contributed by atoms with Gasteiger partial charge in [0.25, 0.3) is 0 Å². The third kappa shape index (κ3) is 4.88. The van der Waals surface area contributed by atoms with E-state index in [1.807, 2.05) is 57.2 Å². The minimum atomic E-state index is -2.61. The van der Waals surface area contributed by atoms with Crippen LogP contribution in [0.2, 0.25) is 0 Å². The molecule has 8 N–H and O–H groups in total. The average molecular weight is 672 g/mol. The summed E-state index contributed by atoms with van der Waals surface area (Å²) in [5, 5.41) is 54.7. The number of phenolic OH excluding ortho intramolecular Hbond substituents is 1. The molecule has 2 fully saturated rings. The van der Waals surface area contributed by atoms with Gasteiger partial charge in [-0.1, -0.05) is 77.9 Å². The van der Waals surface area contributed by atoms with Crippen molar-refractivity contribution in [2.24, 2.45) is 40.2 Å². The van der Waals surface area contributed by atoms with Crippen molar-refractivity contribution in [3.63, 3.8) is 0 Å². The van der Waals surface area contributed by atoms with Gasteiger partial charge in [-0.25, -0.2) is 4.79 Å². The number of aromatic hydroxyl groups is 1. The zero-order valence-corrected chi connectivity index (χ0v) is 28.6. The largest absolute Gasteiger partial charge is 0.505 e. The van der Waals surface area contributed by atoms with Gasteiger partial charge in [-0.3, -0.25) is 14.4 Å². The molecule has 0 aliphatic heterocycles. The van der Waals surface area contributed by atoms with Crippen LogP contribution in [0.15, 0.2) is 48.5 Å². The molecule has 3 aliphatic rings. The monoisotopic (exact) mass is 671 g/mol. The summed E-state index contributed by atoms with van der Waals surface area (Å²) in [6.07, 6.45) is -3.25. The number of primary amides is 1. The molecule has 49 heavy (non-hydrogen) atoms. The molecule has 11 nitrogen and oxygen atoms in total. The summed E-state index contributed by atoms with van der Waals surface area (Å²) in [5.74, 6) is -7.92. The zero-order valence-electron chi connectivity index (χ0n) is 28.6. The lowest BCUT2D eigenvalue weighted by Crippen LogP contribution is -2.79.